The predicted octanol–water partition coefficient (Wildman–Crippen LogP) is 3.72. The number of anilines is 1. The molecule has 29 heavy (non-hydrogen) atoms. The van der Waals surface area contributed by atoms with Crippen molar-refractivity contribution in [1.29, 1.82) is 10.5 Å². The first kappa shape index (κ1) is 21.7. The first-order valence-electron chi connectivity index (χ1n) is 9.10. The van der Waals surface area contributed by atoms with E-state index in [-0.39, 0.29) is 23.9 Å². The largest absolute Gasteiger partial charge is 0.467 e. The number of rotatable bonds is 3. The highest BCUT2D eigenvalue weighted by Gasteiger charge is 2.24. The van der Waals surface area contributed by atoms with Crippen LogP contribution in [0, 0.1) is 32.8 Å². The quantitative estimate of drug-likeness (QED) is 0.470. The summed E-state index contributed by atoms with van der Waals surface area (Å²) in [6.45, 7) is 4.60. The van der Waals surface area contributed by atoms with Crippen molar-refractivity contribution in [3.05, 3.63) is 69.2 Å². The maximum Gasteiger partial charge on any atom is 0.269 e. The summed E-state index contributed by atoms with van der Waals surface area (Å²) < 4.78 is 5.22. The Morgan fingerprint density at radius 2 is 1.83 bits per heavy atom. The lowest BCUT2D eigenvalue weighted by molar-refractivity contribution is -0.384. The topological polar surface area (TPSA) is 123 Å². The number of nitro groups is 1. The molecule has 0 saturated carbocycles. The molecule has 0 amide bonds. The van der Waals surface area contributed by atoms with E-state index in [0.29, 0.717) is 17.1 Å². The minimum atomic E-state index is -0.405. The Labute approximate surface area is 169 Å². The molecule has 8 nitrogen and oxygen atoms in total. The molecule has 3 rings (SSSR count). The van der Waals surface area contributed by atoms with E-state index < -0.39 is 4.92 Å². The number of aliphatic hydroxyl groups excluding tert-OH is 1. The van der Waals surface area contributed by atoms with Crippen molar-refractivity contribution in [2.75, 3.05) is 18.1 Å². The van der Waals surface area contributed by atoms with Crippen LogP contribution in [0.2, 0.25) is 0 Å². The smallest absolute Gasteiger partial charge is 0.269 e. The number of nitrogens with zero attached hydrogens (tertiary/aromatic N) is 4. The Bertz CT molecular complexity index is 897. The molecule has 1 N–H and O–H groups in total. The van der Waals surface area contributed by atoms with E-state index in [0.717, 1.165) is 25.1 Å². The van der Waals surface area contributed by atoms with Crippen molar-refractivity contribution in [3.63, 3.8) is 0 Å². The SMILES string of the molecule is CC1=CC(=C(C#N)C#N)C=C(C)O1.O=[N+]([O-])c1ccc(N2CCCC2CO)cc1. The molecule has 0 spiro atoms. The molecule has 2 aliphatic rings. The van der Waals surface area contributed by atoms with Gasteiger partial charge in [-0.05, 0) is 51.0 Å². The number of hydrogen-bond acceptors (Lipinski definition) is 7. The van der Waals surface area contributed by atoms with Crippen molar-refractivity contribution < 1.29 is 14.8 Å². The summed E-state index contributed by atoms with van der Waals surface area (Å²) in [6.07, 6.45) is 5.39. The van der Waals surface area contributed by atoms with Crippen LogP contribution in [0.15, 0.2) is 59.1 Å². The van der Waals surface area contributed by atoms with Crippen molar-refractivity contribution >= 4 is 11.4 Å². The molecule has 1 unspecified atom stereocenters. The van der Waals surface area contributed by atoms with E-state index >= 15 is 0 Å². The zero-order chi connectivity index (χ0) is 21.4. The summed E-state index contributed by atoms with van der Waals surface area (Å²) >= 11 is 0. The maximum atomic E-state index is 10.5. The highest BCUT2D eigenvalue weighted by Crippen LogP contribution is 2.26. The molecule has 0 radical (unpaired) electrons. The lowest BCUT2D eigenvalue weighted by atomic mass is 10.1. The third-order valence-electron chi connectivity index (χ3n) is 4.53. The standard InChI is InChI=1S/C11H14N2O3.C10H8N2O/c14-8-11-2-1-7-12(11)9-3-5-10(6-4-9)13(15)16;1-7-3-9(4-8(2)13-7)10(5-11)6-12/h3-6,11,14H,1-2,7-8H2;3-4H,1-2H3. The van der Waals surface area contributed by atoms with Gasteiger partial charge in [0.1, 0.15) is 29.2 Å². The highest BCUT2D eigenvalue weighted by atomic mass is 16.6. The fraction of sp³-hybridized carbons (Fsp3) is 0.333. The van der Waals surface area contributed by atoms with Crippen LogP contribution in [0.25, 0.3) is 0 Å². The normalized spacial score (nSPS) is 17.6. The summed E-state index contributed by atoms with van der Waals surface area (Å²) in [5.74, 6) is 1.39. The molecule has 0 aliphatic carbocycles. The third kappa shape index (κ3) is 5.68. The lowest BCUT2D eigenvalue weighted by Gasteiger charge is -2.24. The van der Waals surface area contributed by atoms with Crippen LogP contribution in [0.3, 0.4) is 0 Å². The van der Waals surface area contributed by atoms with Gasteiger partial charge in [0, 0.05) is 29.9 Å². The minimum absolute atomic E-state index is 0.100. The zero-order valence-corrected chi connectivity index (χ0v) is 16.3. The van der Waals surface area contributed by atoms with Crippen LogP contribution in [0.5, 0.6) is 0 Å². The van der Waals surface area contributed by atoms with Gasteiger partial charge >= 0.3 is 0 Å². The van der Waals surface area contributed by atoms with Crippen LogP contribution in [-0.2, 0) is 4.74 Å². The molecule has 0 bridgehead atoms. The van der Waals surface area contributed by atoms with Gasteiger partial charge in [-0.2, -0.15) is 10.5 Å². The second kappa shape index (κ2) is 10.1. The molecule has 150 valence electrons. The number of allylic oxidation sites excluding steroid dienone is 6. The summed E-state index contributed by atoms with van der Waals surface area (Å²) in [5, 5.41) is 36.9. The average Bonchev–Trinajstić information content (AvgIpc) is 3.17. The second-order valence-corrected chi connectivity index (χ2v) is 6.61. The molecule has 1 saturated heterocycles. The van der Waals surface area contributed by atoms with E-state index in [4.69, 9.17) is 15.3 Å². The Morgan fingerprint density at radius 1 is 1.24 bits per heavy atom. The van der Waals surface area contributed by atoms with Crippen molar-refractivity contribution in [3.8, 4) is 12.1 Å². The van der Waals surface area contributed by atoms with Crippen LogP contribution in [0.4, 0.5) is 11.4 Å². The highest BCUT2D eigenvalue weighted by molar-refractivity contribution is 5.53. The van der Waals surface area contributed by atoms with E-state index in [2.05, 4.69) is 4.90 Å². The molecular formula is C21H22N4O4. The van der Waals surface area contributed by atoms with E-state index in [1.54, 1.807) is 38.1 Å². The Hall–Kier alpha value is -3.62. The number of benzene rings is 1. The van der Waals surface area contributed by atoms with Gasteiger partial charge in [-0.25, -0.2) is 0 Å². The van der Waals surface area contributed by atoms with E-state index in [1.807, 2.05) is 12.1 Å². The number of ether oxygens (including phenoxy) is 1. The molecule has 2 heterocycles. The van der Waals surface area contributed by atoms with Crippen molar-refractivity contribution in [2.45, 2.75) is 32.7 Å². The molecule has 2 aliphatic heterocycles. The number of hydrogen-bond donors (Lipinski definition) is 1. The van der Waals surface area contributed by atoms with E-state index in [9.17, 15) is 15.2 Å². The Morgan fingerprint density at radius 3 is 2.31 bits per heavy atom. The van der Waals surface area contributed by atoms with Gasteiger partial charge in [0.05, 0.1) is 17.6 Å². The van der Waals surface area contributed by atoms with E-state index in [1.165, 1.54) is 12.1 Å². The molecular weight excluding hydrogens is 372 g/mol. The molecule has 1 aromatic rings. The average molecular weight is 394 g/mol. The number of non-ortho nitro benzene ring substituents is 1. The number of aliphatic hydroxyl groups is 1. The van der Waals surface area contributed by atoms with Crippen molar-refractivity contribution in [2.24, 2.45) is 0 Å². The molecule has 8 heteroatoms. The Balaban J connectivity index is 0.000000212. The fourth-order valence-corrected chi connectivity index (χ4v) is 3.22. The van der Waals surface area contributed by atoms with Gasteiger partial charge < -0.3 is 14.7 Å². The van der Waals surface area contributed by atoms with Crippen LogP contribution >= 0.6 is 0 Å². The Kier molecular flexibility index (Phi) is 7.53. The van der Waals surface area contributed by atoms with Gasteiger partial charge in [0.2, 0.25) is 0 Å². The molecule has 0 aromatic heterocycles. The van der Waals surface area contributed by atoms with Crippen LogP contribution < -0.4 is 4.90 Å². The van der Waals surface area contributed by atoms with Gasteiger partial charge in [-0.15, -0.1) is 0 Å². The first-order chi connectivity index (χ1) is 13.9. The second-order valence-electron chi connectivity index (χ2n) is 6.61. The predicted molar refractivity (Wildman–Crippen MR) is 107 cm³/mol. The first-order valence-corrected chi connectivity index (χ1v) is 9.10. The maximum absolute atomic E-state index is 10.5. The molecule has 1 fully saturated rings. The van der Waals surface area contributed by atoms with Crippen LogP contribution in [-0.4, -0.2) is 29.2 Å². The summed E-state index contributed by atoms with van der Waals surface area (Å²) in [6, 6.07) is 10.3. The van der Waals surface area contributed by atoms with Crippen molar-refractivity contribution in [1.82, 2.24) is 0 Å². The number of nitriles is 2. The fourth-order valence-electron chi connectivity index (χ4n) is 3.22. The van der Waals surface area contributed by atoms with Gasteiger partial charge in [-0.1, -0.05) is 0 Å². The van der Waals surface area contributed by atoms with Gasteiger partial charge in [0.15, 0.2) is 0 Å². The third-order valence-corrected chi connectivity index (χ3v) is 4.53. The molecule has 1 aromatic carbocycles. The minimum Gasteiger partial charge on any atom is -0.467 e. The summed E-state index contributed by atoms with van der Waals surface area (Å²) in [4.78, 5) is 12.2. The zero-order valence-electron chi connectivity index (χ0n) is 16.3. The summed E-state index contributed by atoms with van der Waals surface area (Å²) in [7, 11) is 0. The monoisotopic (exact) mass is 394 g/mol. The molecule has 1 atom stereocenters. The summed E-state index contributed by atoms with van der Waals surface area (Å²) in [5.41, 5.74) is 1.78. The number of nitro benzene ring substituents is 1. The van der Waals surface area contributed by atoms with Gasteiger partial charge in [-0.3, -0.25) is 10.1 Å². The van der Waals surface area contributed by atoms with Gasteiger partial charge in [0.25, 0.3) is 5.69 Å². The van der Waals surface area contributed by atoms with Crippen LogP contribution in [0.1, 0.15) is 26.7 Å². The lowest BCUT2D eigenvalue weighted by Crippen LogP contribution is -2.31.